The summed E-state index contributed by atoms with van der Waals surface area (Å²) < 4.78 is 36.4. The molecule has 4 aromatic rings. The van der Waals surface area contributed by atoms with Crippen molar-refractivity contribution >= 4 is 35.6 Å². The number of rotatable bonds is 15. The molecule has 53 heavy (non-hydrogen) atoms. The summed E-state index contributed by atoms with van der Waals surface area (Å²) in [4.78, 5) is 52.2. The lowest BCUT2D eigenvalue weighted by atomic mass is 9.98. The molecule has 276 valence electrons. The summed E-state index contributed by atoms with van der Waals surface area (Å²) in [5.74, 6) is -1.26. The Bertz CT molecular complexity index is 1820. The molecule has 0 saturated carbocycles. The van der Waals surface area contributed by atoms with E-state index in [-0.39, 0.29) is 49.9 Å². The van der Waals surface area contributed by atoms with E-state index in [0.717, 1.165) is 27.8 Å². The second-order valence-corrected chi connectivity index (χ2v) is 14.1. The number of hydrogen-bond acceptors (Lipinski definition) is 11. The van der Waals surface area contributed by atoms with Gasteiger partial charge in [0.25, 0.3) is 0 Å². The molecule has 0 amide bonds. The van der Waals surface area contributed by atoms with Gasteiger partial charge in [0.05, 0.1) is 25.2 Å². The van der Waals surface area contributed by atoms with Crippen molar-refractivity contribution in [1.29, 1.82) is 0 Å². The molecule has 11 heteroatoms. The molecule has 10 nitrogen and oxygen atoms in total. The third kappa shape index (κ3) is 9.53. The normalized spacial score (nSPS) is 20.5. The third-order valence-electron chi connectivity index (χ3n) is 9.08. The number of ether oxygens (including phenoxy) is 6. The number of Topliss-reactive ketones (excluding diaryl/α,β-unsaturated/α-hetero) is 1. The van der Waals surface area contributed by atoms with Gasteiger partial charge in [-0.2, -0.15) is 0 Å². The summed E-state index contributed by atoms with van der Waals surface area (Å²) in [5, 5.41) is 0. The van der Waals surface area contributed by atoms with Crippen LogP contribution in [0.1, 0.15) is 59.7 Å². The highest BCUT2D eigenvalue weighted by molar-refractivity contribution is 7.99. The minimum absolute atomic E-state index is 0.0145. The molecule has 6 rings (SSSR count). The molecular weight excluding hydrogens is 697 g/mol. The average Bonchev–Trinajstić information content (AvgIpc) is 3.50. The Morgan fingerprint density at radius 3 is 1.94 bits per heavy atom. The molecule has 0 N–H and O–H groups in total. The van der Waals surface area contributed by atoms with Gasteiger partial charge in [-0.15, -0.1) is 11.8 Å². The highest BCUT2D eigenvalue weighted by Gasteiger charge is 2.53. The lowest BCUT2D eigenvalue weighted by Crippen LogP contribution is -2.61. The Balaban J connectivity index is 1.28. The van der Waals surface area contributed by atoms with Crippen molar-refractivity contribution in [2.75, 3.05) is 19.0 Å². The largest absolute Gasteiger partial charge is 0.508 e. The second kappa shape index (κ2) is 18.2. The second-order valence-electron chi connectivity index (χ2n) is 12.8. The maximum absolute atomic E-state index is 13.7. The van der Waals surface area contributed by atoms with E-state index in [1.54, 1.807) is 30.3 Å². The molecule has 2 aliphatic rings. The molecule has 1 fully saturated rings. The molecule has 0 unspecified atom stereocenters. The molecule has 0 radical (unpaired) electrons. The Morgan fingerprint density at radius 1 is 0.679 bits per heavy atom. The number of fused-ring (bicyclic) bond motifs is 3. The highest BCUT2D eigenvalue weighted by Crippen LogP contribution is 2.44. The minimum Gasteiger partial charge on any atom is -0.454 e. The molecule has 1 heterocycles. The summed E-state index contributed by atoms with van der Waals surface area (Å²) >= 11 is 1.34. The van der Waals surface area contributed by atoms with Crippen molar-refractivity contribution < 1.29 is 47.6 Å². The van der Waals surface area contributed by atoms with Gasteiger partial charge in [0.15, 0.2) is 18.3 Å². The van der Waals surface area contributed by atoms with Gasteiger partial charge in [0.1, 0.15) is 23.9 Å². The van der Waals surface area contributed by atoms with E-state index in [9.17, 15) is 19.2 Å². The fraction of sp³-hybridized carbons (Fsp3) is 0.333. The maximum atomic E-state index is 13.7. The number of thioether (sulfide) groups is 1. The lowest BCUT2D eigenvalue weighted by Gasteiger charge is -2.44. The standard InChI is InChI=1S/C42H42O10S/c1-3-53-41-39(51-40(45)29-16-8-5-9-17-29)38(50-36(44)23-22-27(2)43)37(35(49-41)26-47-24-28-14-6-4-7-15-28)52-42(46)48-25-34-32-20-12-10-18-30(32)31-19-11-13-21-33(31)34/h4-21,34-35,37-39,41H,3,22-26H2,1-2H3/t35-,37-,38+,39-,41+/m1/s1. The van der Waals surface area contributed by atoms with Crippen molar-refractivity contribution in [2.45, 2.75) is 69.1 Å². The maximum Gasteiger partial charge on any atom is 0.508 e. The van der Waals surface area contributed by atoms with Crippen LogP contribution in [-0.4, -0.2) is 72.7 Å². The number of hydrogen-bond donors (Lipinski definition) is 0. The van der Waals surface area contributed by atoms with E-state index >= 15 is 0 Å². The summed E-state index contributed by atoms with van der Waals surface area (Å²) in [6.45, 7) is 3.46. The number of esters is 2. The SMILES string of the molecule is CCS[C@@H]1O[C@H](COCc2ccccc2)[C@@H](OC(=O)OCC2c3ccccc3-c3ccccc32)[C@H](OC(=O)CCC(C)=O)[C@H]1OC(=O)c1ccccc1. The van der Waals surface area contributed by atoms with Gasteiger partial charge >= 0.3 is 18.1 Å². The van der Waals surface area contributed by atoms with E-state index in [4.69, 9.17) is 28.4 Å². The van der Waals surface area contributed by atoms with Crippen LogP contribution < -0.4 is 0 Å². The van der Waals surface area contributed by atoms with E-state index in [1.165, 1.54) is 18.7 Å². The van der Waals surface area contributed by atoms with Gasteiger partial charge < -0.3 is 33.2 Å². The van der Waals surface area contributed by atoms with Gasteiger partial charge in [0.2, 0.25) is 0 Å². The quantitative estimate of drug-likeness (QED) is 0.0889. The molecule has 1 aliphatic heterocycles. The lowest BCUT2D eigenvalue weighted by molar-refractivity contribution is -0.227. The van der Waals surface area contributed by atoms with Crippen molar-refractivity contribution in [3.63, 3.8) is 0 Å². The molecular formula is C42H42O10S. The molecule has 0 spiro atoms. The van der Waals surface area contributed by atoms with Crippen LogP contribution >= 0.6 is 11.8 Å². The van der Waals surface area contributed by atoms with Crippen LogP contribution in [0, 0.1) is 0 Å². The Labute approximate surface area is 313 Å². The molecule has 1 saturated heterocycles. The summed E-state index contributed by atoms with van der Waals surface area (Å²) in [6, 6.07) is 33.9. The van der Waals surface area contributed by atoms with Crippen LogP contribution in [0.4, 0.5) is 4.79 Å². The Morgan fingerprint density at radius 2 is 1.30 bits per heavy atom. The number of ketones is 1. The Hall–Kier alpha value is -4.97. The van der Waals surface area contributed by atoms with Gasteiger partial charge in [-0.1, -0.05) is 104 Å². The first-order chi connectivity index (χ1) is 25.8. The molecule has 0 aromatic heterocycles. The zero-order valence-electron chi connectivity index (χ0n) is 29.6. The van der Waals surface area contributed by atoms with Crippen molar-refractivity contribution in [3.8, 4) is 11.1 Å². The number of carbonyl (C=O) groups excluding carboxylic acids is 4. The number of benzene rings is 4. The monoisotopic (exact) mass is 738 g/mol. The smallest absolute Gasteiger partial charge is 0.454 e. The predicted octanol–water partition coefficient (Wildman–Crippen LogP) is 7.52. The van der Waals surface area contributed by atoms with Gasteiger partial charge in [-0.05, 0) is 52.6 Å². The Kier molecular flexibility index (Phi) is 13.0. The van der Waals surface area contributed by atoms with Crippen LogP contribution in [0.2, 0.25) is 0 Å². The summed E-state index contributed by atoms with van der Waals surface area (Å²) in [7, 11) is 0. The summed E-state index contributed by atoms with van der Waals surface area (Å²) in [5.41, 5.74) is 4.56. The van der Waals surface area contributed by atoms with Crippen molar-refractivity contribution in [1.82, 2.24) is 0 Å². The summed E-state index contributed by atoms with van der Waals surface area (Å²) in [6.07, 6.45) is -6.09. The van der Waals surface area contributed by atoms with E-state index in [2.05, 4.69) is 0 Å². The first-order valence-corrected chi connectivity index (χ1v) is 18.7. The van der Waals surface area contributed by atoms with Crippen molar-refractivity contribution in [3.05, 3.63) is 131 Å². The van der Waals surface area contributed by atoms with Crippen LogP contribution in [0.3, 0.4) is 0 Å². The topological polar surface area (TPSA) is 124 Å². The van der Waals surface area contributed by atoms with Gasteiger partial charge in [0, 0.05) is 12.3 Å². The van der Waals surface area contributed by atoms with Crippen LogP contribution in [0.5, 0.6) is 0 Å². The molecule has 5 atom stereocenters. The molecule has 4 aromatic carbocycles. The van der Waals surface area contributed by atoms with Crippen LogP contribution in [0.15, 0.2) is 109 Å². The zero-order chi connectivity index (χ0) is 37.2. The van der Waals surface area contributed by atoms with Gasteiger partial charge in [-0.3, -0.25) is 4.79 Å². The van der Waals surface area contributed by atoms with E-state index in [1.807, 2.05) is 85.8 Å². The number of carbonyl (C=O) groups is 4. The van der Waals surface area contributed by atoms with Crippen molar-refractivity contribution in [2.24, 2.45) is 0 Å². The fourth-order valence-corrected chi connectivity index (χ4v) is 7.52. The minimum atomic E-state index is -1.33. The highest BCUT2D eigenvalue weighted by atomic mass is 32.2. The predicted molar refractivity (Wildman–Crippen MR) is 198 cm³/mol. The molecule has 1 aliphatic carbocycles. The van der Waals surface area contributed by atoms with Crippen LogP contribution in [0.25, 0.3) is 11.1 Å². The first kappa shape index (κ1) is 37.8. The van der Waals surface area contributed by atoms with Crippen LogP contribution in [-0.2, 0) is 44.6 Å². The van der Waals surface area contributed by atoms with Gasteiger partial charge in [-0.25, -0.2) is 9.59 Å². The third-order valence-corrected chi connectivity index (χ3v) is 10.1. The van der Waals surface area contributed by atoms with E-state index in [0.29, 0.717) is 5.75 Å². The van der Waals surface area contributed by atoms with E-state index < -0.39 is 47.9 Å². The molecule has 0 bridgehead atoms. The zero-order valence-corrected chi connectivity index (χ0v) is 30.4. The fourth-order valence-electron chi connectivity index (χ4n) is 6.57. The average molecular weight is 739 g/mol. The first-order valence-electron chi connectivity index (χ1n) is 17.7.